The van der Waals surface area contributed by atoms with Gasteiger partial charge in [-0.15, -0.1) is 0 Å². The SMILES string of the molecule is Cc1cc(-c2ccccc2)cc(C(=O)NNSc2ccc(C(N)=O)cc2)c1F. The minimum atomic E-state index is -0.584. The van der Waals surface area contributed by atoms with Crippen molar-refractivity contribution >= 4 is 23.8 Å². The molecule has 3 rings (SSSR count). The van der Waals surface area contributed by atoms with Crippen molar-refractivity contribution in [2.24, 2.45) is 5.73 Å². The maximum Gasteiger partial charge on any atom is 0.269 e. The molecule has 0 spiro atoms. The number of primary amides is 1. The van der Waals surface area contributed by atoms with Gasteiger partial charge < -0.3 is 5.73 Å². The molecule has 0 saturated heterocycles. The van der Waals surface area contributed by atoms with E-state index in [1.54, 1.807) is 37.3 Å². The van der Waals surface area contributed by atoms with Gasteiger partial charge >= 0.3 is 0 Å². The lowest BCUT2D eigenvalue weighted by Crippen LogP contribution is -2.33. The molecule has 0 aliphatic rings. The number of amides is 2. The summed E-state index contributed by atoms with van der Waals surface area (Å²) in [6.45, 7) is 1.63. The zero-order chi connectivity index (χ0) is 20.1. The minimum absolute atomic E-state index is 0.0453. The molecule has 0 aliphatic carbocycles. The van der Waals surface area contributed by atoms with E-state index in [1.165, 1.54) is 6.07 Å². The maximum absolute atomic E-state index is 14.5. The highest BCUT2D eigenvalue weighted by molar-refractivity contribution is 7.97. The van der Waals surface area contributed by atoms with Gasteiger partial charge in [0.2, 0.25) is 5.91 Å². The van der Waals surface area contributed by atoms with E-state index in [2.05, 4.69) is 10.3 Å². The third-order valence-corrected chi connectivity index (χ3v) is 4.79. The Morgan fingerprint density at radius 3 is 2.29 bits per heavy atom. The van der Waals surface area contributed by atoms with Crippen LogP contribution in [0.2, 0.25) is 0 Å². The summed E-state index contributed by atoms with van der Waals surface area (Å²) < 4.78 is 14.5. The molecule has 0 bridgehead atoms. The molecule has 0 heterocycles. The lowest BCUT2D eigenvalue weighted by Gasteiger charge is -2.11. The van der Waals surface area contributed by atoms with Crippen molar-refractivity contribution in [3.8, 4) is 11.1 Å². The quantitative estimate of drug-likeness (QED) is 0.437. The number of carbonyl (C=O) groups excluding carboxylic acids is 2. The second-order valence-corrected chi connectivity index (χ2v) is 6.95. The summed E-state index contributed by atoms with van der Waals surface area (Å²) in [6, 6.07) is 19.2. The molecule has 28 heavy (non-hydrogen) atoms. The van der Waals surface area contributed by atoms with Crippen LogP contribution in [0.25, 0.3) is 11.1 Å². The van der Waals surface area contributed by atoms with Gasteiger partial charge in [0, 0.05) is 10.5 Å². The summed E-state index contributed by atoms with van der Waals surface area (Å²) >= 11 is 1.12. The lowest BCUT2D eigenvalue weighted by molar-refractivity contribution is 0.0941. The third-order valence-electron chi connectivity index (χ3n) is 4.08. The first-order valence-corrected chi connectivity index (χ1v) is 9.25. The summed E-state index contributed by atoms with van der Waals surface area (Å²) in [6.07, 6.45) is 0. The molecule has 4 N–H and O–H groups in total. The van der Waals surface area contributed by atoms with Crippen molar-refractivity contribution in [3.63, 3.8) is 0 Å². The molecule has 0 saturated carbocycles. The maximum atomic E-state index is 14.5. The van der Waals surface area contributed by atoms with Crippen molar-refractivity contribution in [3.05, 3.63) is 89.2 Å². The number of halogens is 1. The minimum Gasteiger partial charge on any atom is -0.366 e. The van der Waals surface area contributed by atoms with Gasteiger partial charge in [-0.2, -0.15) is 4.83 Å². The van der Waals surface area contributed by atoms with Crippen LogP contribution in [0, 0.1) is 12.7 Å². The predicted molar refractivity (Wildman–Crippen MR) is 108 cm³/mol. The van der Waals surface area contributed by atoms with Gasteiger partial charge in [0.15, 0.2) is 0 Å². The molecule has 0 aromatic heterocycles. The van der Waals surface area contributed by atoms with Crippen LogP contribution >= 0.6 is 11.9 Å². The van der Waals surface area contributed by atoms with E-state index in [0.29, 0.717) is 11.1 Å². The van der Waals surface area contributed by atoms with E-state index in [-0.39, 0.29) is 5.56 Å². The van der Waals surface area contributed by atoms with Crippen LogP contribution in [0.1, 0.15) is 26.3 Å². The average Bonchev–Trinajstić information content (AvgIpc) is 2.71. The van der Waals surface area contributed by atoms with Gasteiger partial charge in [0.25, 0.3) is 5.91 Å². The van der Waals surface area contributed by atoms with Crippen LogP contribution in [-0.4, -0.2) is 11.8 Å². The Kier molecular flexibility index (Phi) is 6.08. The Hall–Kier alpha value is -3.16. The topological polar surface area (TPSA) is 84.2 Å². The molecular weight excluding hydrogens is 377 g/mol. The summed E-state index contributed by atoms with van der Waals surface area (Å²) in [4.78, 5) is 27.0. The standard InChI is InChI=1S/C21H18FN3O2S/c1-13-11-16(14-5-3-2-4-6-14)12-18(19(13)22)21(27)24-25-28-17-9-7-15(8-10-17)20(23)26/h2-12,25H,1H3,(H2,23,26)(H,24,27). The van der Waals surface area contributed by atoms with E-state index in [9.17, 15) is 14.0 Å². The van der Waals surface area contributed by atoms with Gasteiger partial charge in [-0.25, -0.2) is 4.39 Å². The molecule has 142 valence electrons. The second-order valence-electron chi connectivity index (χ2n) is 6.07. The molecule has 3 aromatic rings. The third kappa shape index (κ3) is 4.57. The molecule has 0 unspecified atom stereocenters. The summed E-state index contributed by atoms with van der Waals surface area (Å²) in [5.41, 5.74) is 10.1. The number of hydrazine groups is 1. The Labute approximate surface area is 166 Å². The second kappa shape index (κ2) is 8.69. The number of hydrogen-bond donors (Lipinski definition) is 3. The van der Waals surface area contributed by atoms with Crippen molar-refractivity contribution in [1.29, 1.82) is 0 Å². The Morgan fingerprint density at radius 1 is 0.964 bits per heavy atom. The van der Waals surface area contributed by atoms with Crippen LogP contribution in [0.15, 0.2) is 71.6 Å². The highest BCUT2D eigenvalue weighted by Gasteiger charge is 2.16. The van der Waals surface area contributed by atoms with Crippen molar-refractivity contribution in [1.82, 2.24) is 10.3 Å². The van der Waals surface area contributed by atoms with E-state index in [0.717, 1.165) is 28.0 Å². The highest BCUT2D eigenvalue weighted by Crippen LogP contribution is 2.25. The lowest BCUT2D eigenvalue weighted by atomic mass is 9.99. The highest BCUT2D eigenvalue weighted by atomic mass is 32.2. The number of nitrogens with two attached hydrogens (primary N) is 1. The molecule has 0 atom stereocenters. The van der Waals surface area contributed by atoms with Crippen LogP contribution in [-0.2, 0) is 0 Å². The van der Waals surface area contributed by atoms with E-state index in [1.807, 2.05) is 30.3 Å². The van der Waals surface area contributed by atoms with Gasteiger partial charge in [0.1, 0.15) is 5.82 Å². The Balaban J connectivity index is 1.70. The first kappa shape index (κ1) is 19.6. The number of nitrogens with one attached hydrogen (secondary N) is 2. The van der Waals surface area contributed by atoms with Gasteiger partial charge in [-0.05, 0) is 72.0 Å². The fourth-order valence-corrected chi connectivity index (χ4v) is 3.15. The zero-order valence-corrected chi connectivity index (χ0v) is 15.8. The Morgan fingerprint density at radius 2 is 1.64 bits per heavy atom. The van der Waals surface area contributed by atoms with Gasteiger partial charge in [0.05, 0.1) is 5.56 Å². The zero-order valence-electron chi connectivity index (χ0n) is 15.0. The molecular formula is C21H18FN3O2S. The number of hydrogen-bond acceptors (Lipinski definition) is 4. The molecule has 0 radical (unpaired) electrons. The number of benzene rings is 3. The first-order chi connectivity index (χ1) is 13.5. The molecule has 7 heteroatoms. The summed E-state index contributed by atoms with van der Waals surface area (Å²) in [5, 5.41) is 0. The first-order valence-electron chi connectivity index (χ1n) is 8.43. The summed E-state index contributed by atoms with van der Waals surface area (Å²) in [7, 11) is 0. The normalized spacial score (nSPS) is 10.5. The fourth-order valence-electron chi connectivity index (χ4n) is 2.62. The van der Waals surface area contributed by atoms with Crippen LogP contribution in [0.5, 0.6) is 0 Å². The van der Waals surface area contributed by atoms with E-state index >= 15 is 0 Å². The van der Waals surface area contributed by atoms with Crippen LogP contribution in [0.4, 0.5) is 4.39 Å². The largest absolute Gasteiger partial charge is 0.366 e. The van der Waals surface area contributed by atoms with Crippen molar-refractivity contribution in [2.45, 2.75) is 11.8 Å². The Bertz CT molecular complexity index is 1010. The molecule has 2 amide bonds. The number of aryl methyl sites for hydroxylation is 1. The molecule has 3 aromatic carbocycles. The van der Waals surface area contributed by atoms with Crippen molar-refractivity contribution in [2.75, 3.05) is 0 Å². The fraction of sp³-hybridized carbons (Fsp3) is 0.0476. The predicted octanol–water partition coefficient (Wildman–Crippen LogP) is 3.84. The van der Waals surface area contributed by atoms with Gasteiger partial charge in [-0.3, -0.25) is 15.0 Å². The molecule has 0 fully saturated rings. The molecule has 5 nitrogen and oxygen atoms in total. The molecule has 0 aliphatic heterocycles. The number of rotatable bonds is 6. The van der Waals surface area contributed by atoms with Crippen molar-refractivity contribution < 1.29 is 14.0 Å². The van der Waals surface area contributed by atoms with Crippen LogP contribution < -0.4 is 16.0 Å². The van der Waals surface area contributed by atoms with Crippen LogP contribution in [0.3, 0.4) is 0 Å². The average molecular weight is 395 g/mol. The summed E-state index contributed by atoms with van der Waals surface area (Å²) in [5.74, 6) is -1.66. The number of carbonyl (C=O) groups is 2. The monoisotopic (exact) mass is 395 g/mol. The van der Waals surface area contributed by atoms with Gasteiger partial charge in [-0.1, -0.05) is 30.3 Å². The van der Waals surface area contributed by atoms with E-state index in [4.69, 9.17) is 5.73 Å². The van der Waals surface area contributed by atoms with E-state index < -0.39 is 17.6 Å². The smallest absolute Gasteiger partial charge is 0.269 e.